The van der Waals surface area contributed by atoms with Gasteiger partial charge in [0.1, 0.15) is 17.1 Å². The van der Waals surface area contributed by atoms with Crippen molar-refractivity contribution in [2.45, 2.75) is 61.3 Å². The lowest BCUT2D eigenvalue weighted by Crippen LogP contribution is -2.23. The average molecular weight is 366 g/mol. The number of benzene rings is 1. The molecule has 0 aromatic heterocycles. The van der Waals surface area contributed by atoms with E-state index in [9.17, 15) is 9.59 Å². The third-order valence-electron chi connectivity index (χ3n) is 2.97. The number of methoxy groups -OCH3 is 2. The first-order chi connectivity index (χ1) is 12.4. The topological polar surface area (TPSA) is 61.8 Å². The van der Waals surface area contributed by atoms with Crippen molar-refractivity contribution in [3.63, 3.8) is 0 Å². The Hall–Kier alpha value is -2.30. The molecule has 26 heavy (non-hydrogen) atoms. The van der Waals surface area contributed by atoms with Crippen LogP contribution in [0.3, 0.4) is 0 Å². The number of fused-ring (bicyclic) bond motifs is 1. The summed E-state index contributed by atoms with van der Waals surface area (Å²) in [6.45, 7) is 14.4. The van der Waals surface area contributed by atoms with Crippen LogP contribution in [0.5, 0.6) is 11.5 Å². The molecule has 1 aromatic rings. The molecule has 0 amide bonds. The molecule has 1 aliphatic rings. The second-order valence-corrected chi connectivity index (χ2v) is 4.99. The van der Waals surface area contributed by atoms with Gasteiger partial charge < -0.3 is 14.2 Å². The van der Waals surface area contributed by atoms with Crippen molar-refractivity contribution < 1.29 is 23.8 Å². The molecule has 5 heteroatoms. The lowest BCUT2D eigenvalue weighted by atomic mass is 10.0. The van der Waals surface area contributed by atoms with Crippen LogP contribution in [0.25, 0.3) is 0 Å². The lowest BCUT2D eigenvalue weighted by molar-refractivity contribution is -0.137. The van der Waals surface area contributed by atoms with Crippen LogP contribution in [0.15, 0.2) is 23.8 Å². The molecule has 148 valence electrons. The number of hydrogen-bond donors (Lipinski definition) is 0. The Morgan fingerprint density at radius 2 is 1.65 bits per heavy atom. The molecule has 0 unspecified atom stereocenters. The second-order valence-electron chi connectivity index (χ2n) is 4.99. The Morgan fingerprint density at radius 3 is 2.04 bits per heavy atom. The third-order valence-corrected chi connectivity index (χ3v) is 2.97. The van der Waals surface area contributed by atoms with E-state index in [4.69, 9.17) is 9.47 Å². The zero-order valence-electron chi connectivity index (χ0n) is 17.7. The van der Waals surface area contributed by atoms with Gasteiger partial charge >= 0.3 is 11.9 Å². The maximum absolute atomic E-state index is 11.5. The van der Waals surface area contributed by atoms with E-state index in [0.29, 0.717) is 22.6 Å². The molecular weight excluding hydrogens is 332 g/mol. The normalized spacial score (nSPS) is 11.0. The number of hydrogen-bond acceptors (Lipinski definition) is 5. The number of allylic oxidation sites excluding steroid dienone is 2. The van der Waals surface area contributed by atoms with Gasteiger partial charge in [0.05, 0.1) is 20.6 Å². The number of cyclic esters (lactones) is 2. The van der Waals surface area contributed by atoms with Crippen LogP contribution in [-0.2, 0) is 16.0 Å². The molecule has 5 nitrogen and oxygen atoms in total. The van der Waals surface area contributed by atoms with Gasteiger partial charge in [0, 0.05) is 6.07 Å². The summed E-state index contributed by atoms with van der Waals surface area (Å²) in [6, 6.07) is 3.21. The van der Waals surface area contributed by atoms with Gasteiger partial charge in [-0.25, -0.2) is 4.79 Å². The SMILES string of the molecule is CC.CC.CCC=C(C)C.COc1cc2c(c(OC)c1)C(=O)OC(=O)C2. The number of ether oxygens (including phenoxy) is 3. The lowest BCUT2D eigenvalue weighted by Gasteiger charge is -2.17. The van der Waals surface area contributed by atoms with Gasteiger partial charge in [-0.2, -0.15) is 0 Å². The van der Waals surface area contributed by atoms with Crippen molar-refractivity contribution in [2.24, 2.45) is 0 Å². The van der Waals surface area contributed by atoms with E-state index in [2.05, 4.69) is 31.6 Å². The van der Waals surface area contributed by atoms with Crippen molar-refractivity contribution in [1.82, 2.24) is 0 Å². The highest BCUT2D eigenvalue weighted by molar-refractivity contribution is 6.04. The molecule has 2 rings (SSSR count). The van der Waals surface area contributed by atoms with E-state index in [-0.39, 0.29) is 6.42 Å². The van der Waals surface area contributed by atoms with Crippen LogP contribution in [0.2, 0.25) is 0 Å². The van der Waals surface area contributed by atoms with Crippen LogP contribution < -0.4 is 9.47 Å². The fraction of sp³-hybridized carbons (Fsp3) is 0.524. The molecule has 1 aliphatic heterocycles. The first-order valence-corrected chi connectivity index (χ1v) is 9.06. The summed E-state index contributed by atoms with van der Waals surface area (Å²) >= 11 is 0. The fourth-order valence-electron chi connectivity index (χ4n) is 2.05. The minimum absolute atomic E-state index is 0.0502. The van der Waals surface area contributed by atoms with Crippen molar-refractivity contribution in [1.29, 1.82) is 0 Å². The van der Waals surface area contributed by atoms with E-state index in [0.717, 1.165) is 0 Å². The van der Waals surface area contributed by atoms with Gasteiger partial charge in [0.2, 0.25) is 0 Å². The first-order valence-electron chi connectivity index (χ1n) is 9.06. The molecule has 1 heterocycles. The van der Waals surface area contributed by atoms with E-state index in [1.54, 1.807) is 12.1 Å². The maximum Gasteiger partial charge on any atom is 0.349 e. The van der Waals surface area contributed by atoms with Crippen LogP contribution in [0.1, 0.15) is 70.8 Å². The van der Waals surface area contributed by atoms with Crippen molar-refractivity contribution in [3.05, 3.63) is 34.9 Å². The standard InChI is InChI=1S/C11H10O5.C6H12.2C2H6/c1-14-7-3-6-4-9(12)16-11(13)10(6)8(5-7)15-2;1-4-5-6(2)3;2*1-2/h3,5H,4H2,1-2H3;5H,4H2,1-3H3;2*1-2H3. The summed E-state index contributed by atoms with van der Waals surface area (Å²) in [6.07, 6.45) is 3.43. The summed E-state index contributed by atoms with van der Waals surface area (Å²) in [4.78, 5) is 22.6. The van der Waals surface area contributed by atoms with Crippen molar-refractivity contribution >= 4 is 11.9 Å². The Kier molecular flexibility index (Phi) is 15.0. The fourth-order valence-corrected chi connectivity index (χ4v) is 2.05. The Bertz CT molecular complexity index is 584. The quantitative estimate of drug-likeness (QED) is 0.409. The number of carbonyl (C=O) groups excluding carboxylic acids is 2. The smallest absolute Gasteiger partial charge is 0.349 e. The van der Waals surface area contributed by atoms with Crippen LogP contribution >= 0.6 is 0 Å². The summed E-state index contributed by atoms with van der Waals surface area (Å²) in [5, 5.41) is 0. The zero-order chi connectivity index (χ0) is 20.7. The van der Waals surface area contributed by atoms with E-state index in [1.807, 2.05) is 27.7 Å². The summed E-state index contributed by atoms with van der Waals surface area (Å²) < 4.78 is 14.6. The number of rotatable bonds is 3. The molecule has 0 radical (unpaired) electrons. The summed E-state index contributed by atoms with van der Waals surface area (Å²) in [7, 11) is 2.95. The van der Waals surface area contributed by atoms with Gasteiger partial charge in [-0.05, 0) is 31.9 Å². The van der Waals surface area contributed by atoms with Crippen LogP contribution in [0.4, 0.5) is 0 Å². The highest BCUT2D eigenvalue weighted by Crippen LogP contribution is 2.32. The van der Waals surface area contributed by atoms with E-state index >= 15 is 0 Å². The largest absolute Gasteiger partial charge is 0.497 e. The molecule has 0 bridgehead atoms. The van der Waals surface area contributed by atoms with Gasteiger partial charge in [-0.1, -0.05) is 46.3 Å². The Balaban J connectivity index is 0. The number of carbonyl (C=O) groups is 2. The van der Waals surface area contributed by atoms with Crippen molar-refractivity contribution in [2.75, 3.05) is 14.2 Å². The summed E-state index contributed by atoms with van der Waals surface area (Å²) in [5.74, 6) is -0.344. The molecule has 0 N–H and O–H groups in total. The number of esters is 2. The first kappa shape index (κ1) is 25.9. The van der Waals surface area contributed by atoms with E-state index < -0.39 is 11.9 Å². The summed E-state index contributed by atoms with van der Waals surface area (Å²) in [5.41, 5.74) is 2.28. The average Bonchev–Trinajstić information content (AvgIpc) is 2.64. The predicted octanol–water partition coefficient (Wildman–Crippen LogP) is 5.36. The van der Waals surface area contributed by atoms with Crippen molar-refractivity contribution in [3.8, 4) is 11.5 Å². The molecule has 0 fully saturated rings. The Morgan fingerprint density at radius 1 is 1.08 bits per heavy atom. The van der Waals surface area contributed by atoms with Crippen LogP contribution in [0, 0.1) is 0 Å². The monoisotopic (exact) mass is 366 g/mol. The van der Waals surface area contributed by atoms with Gasteiger partial charge in [0.15, 0.2) is 0 Å². The third kappa shape index (κ3) is 8.70. The molecule has 0 saturated heterocycles. The van der Waals surface area contributed by atoms with Gasteiger partial charge in [0.25, 0.3) is 0 Å². The van der Waals surface area contributed by atoms with Crippen LogP contribution in [-0.4, -0.2) is 26.2 Å². The molecular formula is C21H34O5. The predicted molar refractivity (Wildman–Crippen MR) is 106 cm³/mol. The highest BCUT2D eigenvalue weighted by atomic mass is 16.6. The molecule has 0 aliphatic carbocycles. The minimum atomic E-state index is -0.675. The maximum atomic E-state index is 11.5. The molecule has 0 saturated carbocycles. The Labute approximate surface area is 158 Å². The second kappa shape index (κ2) is 15.0. The zero-order valence-corrected chi connectivity index (χ0v) is 17.7. The molecule has 1 aromatic carbocycles. The molecule has 0 atom stereocenters. The van der Waals surface area contributed by atoms with Gasteiger partial charge in [-0.15, -0.1) is 0 Å². The molecule has 0 spiro atoms. The minimum Gasteiger partial charge on any atom is -0.497 e. The van der Waals surface area contributed by atoms with Gasteiger partial charge in [-0.3, -0.25) is 4.79 Å². The van der Waals surface area contributed by atoms with E-state index in [1.165, 1.54) is 26.2 Å². The highest BCUT2D eigenvalue weighted by Gasteiger charge is 2.29.